The Morgan fingerprint density at radius 1 is 1.18 bits per heavy atom. The maximum Gasteiger partial charge on any atom is 0.346 e. The monoisotopic (exact) mass is 403 g/mol. The van der Waals surface area contributed by atoms with Crippen molar-refractivity contribution >= 4 is 23.2 Å². The van der Waals surface area contributed by atoms with Crippen molar-refractivity contribution in [2.45, 2.75) is 57.7 Å². The molecule has 1 N–H and O–H groups in total. The summed E-state index contributed by atoms with van der Waals surface area (Å²) in [5.74, 6) is 0.653. The van der Waals surface area contributed by atoms with Crippen LogP contribution in [0.1, 0.15) is 48.3 Å². The number of carbonyl (C=O) groups is 2. The molecule has 8 nitrogen and oxygen atoms in total. The number of piperidine rings is 1. The third-order valence-corrected chi connectivity index (χ3v) is 6.22. The number of rotatable bonds is 4. The van der Waals surface area contributed by atoms with Gasteiger partial charge >= 0.3 is 5.69 Å². The highest BCUT2D eigenvalue weighted by atomic mass is 32.1. The van der Waals surface area contributed by atoms with E-state index in [0.29, 0.717) is 25.2 Å². The van der Waals surface area contributed by atoms with Crippen molar-refractivity contribution in [2.75, 3.05) is 13.1 Å². The summed E-state index contributed by atoms with van der Waals surface area (Å²) in [6, 6.07) is 1.88. The first-order chi connectivity index (χ1) is 13.6. The summed E-state index contributed by atoms with van der Waals surface area (Å²) in [7, 11) is 0. The van der Waals surface area contributed by atoms with Gasteiger partial charge in [-0.1, -0.05) is 6.42 Å². The molecule has 4 rings (SSSR count). The molecule has 28 heavy (non-hydrogen) atoms. The zero-order chi connectivity index (χ0) is 19.5. The molecule has 4 heterocycles. The van der Waals surface area contributed by atoms with Crippen molar-refractivity contribution in [3.05, 3.63) is 38.7 Å². The third kappa shape index (κ3) is 4.04. The lowest BCUT2D eigenvalue weighted by atomic mass is 10.0. The lowest BCUT2D eigenvalue weighted by Gasteiger charge is -2.32. The molecule has 2 aliphatic heterocycles. The minimum absolute atomic E-state index is 0.00916. The van der Waals surface area contributed by atoms with Crippen molar-refractivity contribution in [1.82, 2.24) is 24.6 Å². The zero-order valence-corrected chi connectivity index (χ0v) is 16.6. The number of fused-ring (bicyclic) bond motifs is 1. The van der Waals surface area contributed by atoms with Crippen LogP contribution in [0, 0.1) is 0 Å². The van der Waals surface area contributed by atoms with E-state index < -0.39 is 0 Å². The van der Waals surface area contributed by atoms with Crippen LogP contribution in [0.25, 0.3) is 0 Å². The number of thiophene rings is 1. The van der Waals surface area contributed by atoms with Crippen molar-refractivity contribution in [3.8, 4) is 0 Å². The highest BCUT2D eigenvalue weighted by Gasteiger charge is 2.25. The van der Waals surface area contributed by atoms with Crippen LogP contribution in [-0.2, 0) is 24.3 Å². The van der Waals surface area contributed by atoms with Crippen LogP contribution in [0.3, 0.4) is 0 Å². The average Bonchev–Trinajstić information content (AvgIpc) is 3.26. The number of nitrogens with zero attached hydrogens (tertiary/aromatic N) is 4. The standard InChI is InChI=1S/C19H25N5O3S/c25-17(12-24-19(27)23-8-3-1-2-4-16(23)21-24)22-9-5-15(6-10-22)20-18(26)14-7-11-28-13-14/h7,11,13,15H,1-6,8-10,12H2,(H,20,26). The summed E-state index contributed by atoms with van der Waals surface area (Å²) in [5, 5.41) is 11.1. The van der Waals surface area contributed by atoms with Gasteiger partial charge < -0.3 is 10.2 Å². The quantitative estimate of drug-likeness (QED) is 0.832. The summed E-state index contributed by atoms with van der Waals surface area (Å²) in [4.78, 5) is 39.1. The maximum atomic E-state index is 12.6. The SMILES string of the molecule is O=C(NC1CCN(C(=O)Cn2nc3n(c2=O)CCCCC3)CC1)c1ccsc1. The number of hydrogen-bond donors (Lipinski definition) is 1. The van der Waals surface area contributed by atoms with E-state index in [2.05, 4.69) is 10.4 Å². The van der Waals surface area contributed by atoms with Gasteiger partial charge in [0.15, 0.2) is 0 Å². The molecule has 0 aliphatic carbocycles. The topological polar surface area (TPSA) is 89.2 Å². The Morgan fingerprint density at radius 2 is 2.00 bits per heavy atom. The Kier molecular flexibility index (Phi) is 5.61. The molecule has 0 saturated carbocycles. The second kappa shape index (κ2) is 8.30. The first-order valence-electron chi connectivity index (χ1n) is 9.89. The highest BCUT2D eigenvalue weighted by molar-refractivity contribution is 7.08. The van der Waals surface area contributed by atoms with Crippen LogP contribution in [0.15, 0.2) is 21.6 Å². The van der Waals surface area contributed by atoms with Crippen LogP contribution in [0.5, 0.6) is 0 Å². The molecular weight excluding hydrogens is 378 g/mol. The van der Waals surface area contributed by atoms with E-state index >= 15 is 0 Å². The van der Waals surface area contributed by atoms with Gasteiger partial charge in [-0.2, -0.15) is 16.4 Å². The summed E-state index contributed by atoms with van der Waals surface area (Å²) in [6.45, 7) is 1.84. The number of carbonyl (C=O) groups excluding carboxylic acids is 2. The van der Waals surface area contributed by atoms with Gasteiger partial charge in [0, 0.05) is 43.0 Å². The first-order valence-corrected chi connectivity index (χ1v) is 10.8. The molecule has 0 spiro atoms. The fourth-order valence-corrected chi connectivity index (χ4v) is 4.53. The van der Waals surface area contributed by atoms with Crippen LogP contribution >= 0.6 is 11.3 Å². The number of hydrogen-bond acceptors (Lipinski definition) is 5. The molecule has 0 radical (unpaired) electrons. The van der Waals surface area contributed by atoms with Gasteiger partial charge in [0.25, 0.3) is 5.91 Å². The zero-order valence-electron chi connectivity index (χ0n) is 15.8. The maximum absolute atomic E-state index is 12.6. The van der Waals surface area contributed by atoms with Crippen molar-refractivity contribution < 1.29 is 9.59 Å². The first kappa shape index (κ1) is 18.9. The van der Waals surface area contributed by atoms with E-state index in [4.69, 9.17) is 0 Å². The molecule has 0 bridgehead atoms. The average molecular weight is 404 g/mol. The molecule has 2 aliphatic rings. The van der Waals surface area contributed by atoms with Gasteiger partial charge in [-0.3, -0.25) is 14.2 Å². The molecule has 1 saturated heterocycles. The smallest absolute Gasteiger partial charge is 0.346 e. The summed E-state index contributed by atoms with van der Waals surface area (Å²) < 4.78 is 3.03. The predicted octanol–water partition coefficient (Wildman–Crippen LogP) is 1.25. The van der Waals surface area contributed by atoms with Crippen molar-refractivity contribution in [3.63, 3.8) is 0 Å². The Hall–Kier alpha value is -2.42. The second-order valence-corrected chi connectivity index (χ2v) is 8.24. The minimum atomic E-state index is -0.178. The fraction of sp³-hybridized carbons (Fsp3) is 0.579. The Labute approximate surface area is 167 Å². The van der Waals surface area contributed by atoms with Crippen molar-refractivity contribution in [1.29, 1.82) is 0 Å². The van der Waals surface area contributed by atoms with Gasteiger partial charge in [-0.15, -0.1) is 0 Å². The van der Waals surface area contributed by atoms with E-state index in [1.165, 1.54) is 16.0 Å². The molecule has 9 heteroatoms. The predicted molar refractivity (Wildman–Crippen MR) is 105 cm³/mol. The molecule has 150 valence electrons. The van der Waals surface area contributed by atoms with Crippen LogP contribution in [0.2, 0.25) is 0 Å². The van der Waals surface area contributed by atoms with E-state index in [9.17, 15) is 14.4 Å². The van der Waals surface area contributed by atoms with Gasteiger partial charge in [-0.05, 0) is 37.1 Å². The normalized spacial score (nSPS) is 17.8. The molecule has 2 aromatic heterocycles. The molecular formula is C19H25N5O3S. The lowest BCUT2D eigenvalue weighted by molar-refractivity contribution is -0.133. The van der Waals surface area contributed by atoms with Crippen molar-refractivity contribution in [2.24, 2.45) is 0 Å². The van der Waals surface area contributed by atoms with E-state index in [1.807, 2.05) is 16.8 Å². The number of amides is 2. The number of aryl methyl sites for hydroxylation is 1. The molecule has 0 atom stereocenters. The Balaban J connectivity index is 1.31. The molecule has 0 aromatic carbocycles. The summed E-state index contributed by atoms with van der Waals surface area (Å²) in [5.41, 5.74) is 0.505. The van der Waals surface area contributed by atoms with Gasteiger partial charge in [0.2, 0.25) is 5.91 Å². The largest absolute Gasteiger partial charge is 0.349 e. The van der Waals surface area contributed by atoms with Gasteiger partial charge in [-0.25, -0.2) is 9.48 Å². The summed E-state index contributed by atoms with van der Waals surface area (Å²) in [6.07, 6.45) is 5.36. The van der Waals surface area contributed by atoms with Crippen LogP contribution in [-0.4, -0.2) is 50.2 Å². The molecule has 1 fully saturated rings. The molecule has 2 aromatic rings. The van der Waals surface area contributed by atoms with Gasteiger partial charge in [0.05, 0.1) is 0 Å². The Morgan fingerprint density at radius 3 is 2.75 bits per heavy atom. The second-order valence-electron chi connectivity index (χ2n) is 7.46. The van der Waals surface area contributed by atoms with E-state index in [0.717, 1.165) is 44.3 Å². The molecule has 0 unspecified atom stereocenters. The van der Waals surface area contributed by atoms with E-state index in [1.54, 1.807) is 9.47 Å². The molecule has 2 amide bonds. The Bertz CT molecular complexity index is 893. The minimum Gasteiger partial charge on any atom is -0.349 e. The lowest BCUT2D eigenvalue weighted by Crippen LogP contribution is -2.47. The fourth-order valence-electron chi connectivity index (χ4n) is 3.89. The van der Waals surface area contributed by atoms with Gasteiger partial charge in [0.1, 0.15) is 12.4 Å². The summed E-state index contributed by atoms with van der Waals surface area (Å²) >= 11 is 1.50. The number of nitrogens with one attached hydrogen (secondary N) is 1. The number of likely N-dealkylation sites (tertiary alicyclic amines) is 1. The number of aromatic nitrogens is 3. The van der Waals surface area contributed by atoms with Crippen LogP contribution < -0.4 is 11.0 Å². The highest BCUT2D eigenvalue weighted by Crippen LogP contribution is 2.14. The third-order valence-electron chi connectivity index (χ3n) is 5.53. The van der Waals surface area contributed by atoms with E-state index in [-0.39, 0.29) is 30.1 Å². The van der Waals surface area contributed by atoms with Crippen LogP contribution in [0.4, 0.5) is 0 Å².